The third kappa shape index (κ3) is 0.913. The van der Waals surface area contributed by atoms with Gasteiger partial charge in [0.1, 0.15) is 0 Å². The predicted octanol–water partition coefficient (Wildman–Crippen LogP) is 0.279. The Labute approximate surface area is 70.1 Å². The second-order valence-corrected chi connectivity index (χ2v) is 2.67. The Hall–Kier alpha value is -1.32. The monoisotopic (exact) mass is 170 g/mol. The number of rotatable bonds is 2. The summed E-state index contributed by atoms with van der Waals surface area (Å²) in [6, 6.07) is 0. The molecule has 0 radical (unpaired) electrons. The highest BCUT2D eigenvalue weighted by atomic mass is 16.5. The van der Waals surface area contributed by atoms with Crippen molar-refractivity contribution in [3.8, 4) is 0 Å². The van der Waals surface area contributed by atoms with Crippen molar-refractivity contribution in [2.24, 2.45) is 5.41 Å². The summed E-state index contributed by atoms with van der Waals surface area (Å²) in [6.45, 7) is 3.56. The summed E-state index contributed by atoms with van der Waals surface area (Å²) >= 11 is 0. The summed E-state index contributed by atoms with van der Waals surface area (Å²) < 4.78 is 8.94. The first-order chi connectivity index (χ1) is 5.59. The number of carbonyl (C=O) groups excluding carboxylic acids is 2. The van der Waals surface area contributed by atoms with Gasteiger partial charge in [-0.3, -0.25) is 9.59 Å². The van der Waals surface area contributed by atoms with Gasteiger partial charge in [0.2, 0.25) is 0 Å². The van der Waals surface area contributed by atoms with Gasteiger partial charge in [-0.1, -0.05) is 6.58 Å². The first kappa shape index (κ1) is 8.77. The Bertz CT molecular complexity index is 238. The molecule has 0 N–H and O–H groups in total. The van der Waals surface area contributed by atoms with Crippen LogP contribution in [0.4, 0.5) is 0 Å². The van der Waals surface area contributed by atoms with E-state index < -0.39 is 17.4 Å². The average molecular weight is 170 g/mol. The SMILES string of the molecule is C=C1CC1(C(=O)OC)C(=O)OC. The van der Waals surface area contributed by atoms with E-state index in [0.29, 0.717) is 12.0 Å². The van der Waals surface area contributed by atoms with E-state index in [9.17, 15) is 9.59 Å². The van der Waals surface area contributed by atoms with Gasteiger partial charge < -0.3 is 9.47 Å². The molecule has 0 amide bonds. The number of esters is 2. The van der Waals surface area contributed by atoms with E-state index in [1.165, 1.54) is 14.2 Å². The largest absolute Gasteiger partial charge is 0.468 e. The van der Waals surface area contributed by atoms with Crippen LogP contribution in [0.25, 0.3) is 0 Å². The van der Waals surface area contributed by atoms with Crippen LogP contribution in [-0.2, 0) is 19.1 Å². The molecule has 0 aromatic heterocycles. The number of methoxy groups -OCH3 is 2. The van der Waals surface area contributed by atoms with E-state index >= 15 is 0 Å². The summed E-state index contributed by atoms with van der Waals surface area (Å²) in [6.07, 6.45) is 0.340. The molecule has 1 saturated carbocycles. The summed E-state index contributed by atoms with van der Waals surface area (Å²) in [5.41, 5.74) is -0.634. The van der Waals surface area contributed by atoms with Gasteiger partial charge in [-0.25, -0.2) is 0 Å². The molecule has 4 nitrogen and oxygen atoms in total. The lowest BCUT2D eigenvalue weighted by Crippen LogP contribution is -2.28. The quantitative estimate of drug-likeness (QED) is 0.339. The lowest BCUT2D eigenvalue weighted by Gasteiger charge is -2.08. The minimum atomic E-state index is -1.19. The fourth-order valence-electron chi connectivity index (χ4n) is 1.14. The normalized spacial score (nSPS) is 18.3. The smallest absolute Gasteiger partial charge is 0.327 e. The number of carbonyl (C=O) groups is 2. The molecular weight excluding hydrogens is 160 g/mol. The van der Waals surface area contributed by atoms with Crippen molar-refractivity contribution in [1.29, 1.82) is 0 Å². The molecule has 0 atom stereocenters. The first-order valence-electron chi connectivity index (χ1n) is 3.44. The van der Waals surface area contributed by atoms with Crippen molar-refractivity contribution in [1.82, 2.24) is 0 Å². The molecule has 0 saturated heterocycles. The maximum atomic E-state index is 11.1. The third-order valence-electron chi connectivity index (χ3n) is 2.02. The fourth-order valence-corrected chi connectivity index (χ4v) is 1.14. The standard InChI is InChI=1S/C8H10O4/c1-5-4-8(5,6(9)11-2)7(10)12-3/h1,4H2,2-3H3. The van der Waals surface area contributed by atoms with Gasteiger partial charge in [0.25, 0.3) is 0 Å². The molecule has 4 heteroatoms. The van der Waals surface area contributed by atoms with Gasteiger partial charge >= 0.3 is 11.9 Å². The van der Waals surface area contributed by atoms with Gasteiger partial charge in [0.05, 0.1) is 14.2 Å². The molecule has 0 heterocycles. The molecule has 1 rings (SSSR count). The van der Waals surface area contributed by atoms with Crippen LogP contribution in [-0.4, -0.2) is 26.2 Å². The summed E-state index contributed by atoms with van der Waals surface area (Å²) in [4.78, 5) is 22.2. The number of hydrogen-bond donors (Lipinski definition) is 0. The second-order valence-electron chi connectivity index (χ2n) is 2.67. The van der Waals surface area contributed by atoms with Gasteiger partial charge in [0.15, 0.2) is 5.41 Å². The maximum absolute atomic E-state index is 11.1. The Morgan fingerprint density at radius 2 is 1.67 bits per heavy atom. The zero-order valence-corrected chi connectivity index (χ0v) is 7.05. The maximum Gasteiger partial charge on any atom is 0.327 e. The van der Waals surface area contributed by atoms with Gasteiger partial charge in [0, 0.05) is 6.42 Å². The van der Waals surface area contributed by atoms with E-state index in [1.807, 2.05) is 0 Å². The molecule has 1 fully saturated rings. The van der Waals surface area contributed by atoms with E-state index in [1.54, 1.807) is 0 Å². The lowest BCUT2D eigenvalue weighted by atomic mass is 10.1. The molecular formula is C8H10O4. The van der Waals surface area contributed by atoms with Crippen molar-refractivity contribution in [2.45, 2.75) is 6.42 Å². The van der Waals surface area contributed by atoms with Crippen LogP contribution in [0.1, 0.15) is 6.42 Å². The van der Waals surface area contributed by atoms with Crippen LogP contribution in [0.3, 0.4) is 0 Å². The van der Waals surface area contributed by atoms with Crippen molar-refractivity contribution in [3.63, 3.8) is 0 Å². The van der Waals surface area contributed by atoms with E-state index in [-0.39, 0.29) is 0 Å². The Morgan fingerprint density at radius 3 is 1.83 bits per heavy atom. The molecule has 0 aromatic rings. The van der Waals surface area contributed by atoms with Gasteiger partial charge in [-0.15, -0.1) is 0 Å². The number of ether oxygens (including phenoxy) is 2. The van der Waals surface area contributed by atoms with Crippen LogP contribution in [0, 0.1) is 5.41 Å². The molecule has 1 aliphatic carbocycles. The first-order valence-corrected chi connectivity index (χ1v) is 3.44. The molecule has 1 aliphatic rings. The zero-order valence-electron chi connectivity index (χ0n) is 7.05. The van der Waals surface area contributed by atoms with Crippen molar-refractivity contribution in [3.05, 3.63) is 12.2 Å². The third-order valence-corrected chi connectivity index (χ3v) is 2.02. The summed E-state index contributed by atoms with van der Waals surface area (Å²) in [7, 11) is 2.47. The minimum Gasteiger partial charge on any atom is -0.468 e. The summed E-state index contributed by atoms with van der Waals surface area (Å²) in [5.74, 6) is -1.17. The van der Waals surface area contributed by atoms with E-state index in [4.69, 9.17) is 0 Å². The molecule has 0 bridgehead atoms. The van der Waals surface area contributed by atoms with Crippen molar-refractivity contribution < 1.29 is 19.1 Å². The van der Waals surface area contributed by atoms with Crippen LogP contribution in [0.2, 0.25) is 0 Å². The lowest BCUT2D eigenvalue weighted by molar-refractivity contribution is -0.160. The van der Waals surface area contributed by atoms with Crippen molar-refractivity contribution in [2.75, 3.05) is 14.2 Å². The Balaban J connectivity index is 2.86. The van der Waals surface area contributed by atoms with Crippen molar-refractivity contribution >= 4 is 11.9 Å². The van der Waals surface area contributed by atoms with Crippen LogP contribution >= 0.6 is 0 Å². The molecule has 12 heavy (non-hydrogen) atoms. The highest BCUT2D eigenvalue weighted by molar-refractivity contribution is 6.08. The second kappa shape index (κ2) is 2.62. The average Bonchev–Trinajstić information content (AvgIpc) is 2.76. The zero-order chi connectivity index (χ0) is 9.35. The molecule has 0 unspecified atom stereocenters. The van der Waals surface area contributed by atoms with Gasteiger partial charge in [-0.2, -0.15) is 0 Å². The highest BCUT2D eigenvalue weighted by Gasteiger charge is 2.63. The predicted molar refractivity (Wildman–Crippen MR) is 40.2 cm³/mol. The van der Waals surface area contributed by atoms with Crippen LogP contribution in [0.15, 0.2) is 12.2 Å². The molecule has 0 aliphatic heterocycles. The Morgan fingerprint density at radius 1 is 1.33 bits per heavy atom. The molecule has 0 aromatic carbocycles. The fraction of sp³-hybridized carbons (Fsp3) is 0.500. The topological polar surface area (TPSA) is 52.6 Å². The molecule has 0 spiro atoms. The van der Waals surface area contributed by atoms with Crippen LogP contribution in [0.5, 0.6) is 0 Å². The highest BCUT2D eigenvalue weighted by Crippen LogP contribution is 2.52. The number of hydrogen-bond acceptors (Lipinski definition) is 4. The summed E-state index contributed by atoms with van der Waals surface area (Å²) in [5, 5.41) is 0. The van der Waals surface area contributed by atoms with E-state index in [2.05, 4.69) is 16.1 Å². The Kier molecular flexibility index (Phi) is 1.92. The van der Waals surface area contributed by atoms with Gasteiger partial charge in [-0.05, 0) is 5.57 Å². The van der Waals surface area contributed by atoms with E-state index in [0.717, 1.165) is 0 Å². The molecule has 66 valence electrons. The minimum absolute atomic E-state index is 0.340. The van der Waals surface area contributed by atoms with Crippen LogP contribution < -0.4 is 0 Å².